The Morgan fingerprint density at radius 1 is 1.22 bits per heavy atom. The fourth-order valence-corrected chi connectivity index (χ4v) is 4.99. The Kier molecular flexibility index (Phi) is 8.54. The van der Waals surface area contributed by atoms with Gasteiger partial charge in [-0.1, -0.05) is 49.9 Å². The lowest BCUT2D eigenvalue weighted by Gasteiger charge is -2.28. The standard InChI is InChI=1S/C19H29ClN2O4S/c1-3-4-5-6-11-21-12-13-27(24,25)22(18(15-21)19(23)26-2)14-16-7-9-17(20)10-8-16/h7-10,18H,3-6,11-15H2,1-2H3. The molecule has 0 N–H and O–H groups in total. The van der Waals surface area contributed by atoms with Gasteiger partial charge in [-0.2, -0.15) is 4.31 Å². The van der Waals surface area contributed by atoms with Crippen molar-refractivity contribution in [2.24, 2.45) is 0 Å². The van der Waals surface area contributed by atoms with Gasteiger partial charge in [0.2, 0.25) is 10.0 Å². The van der Waals surface area contributed by atoms with Gasteiger partial charge >= 0.3 is 5.97 Å². The molecule has 6 nitrogen and oxygen atoms in total. The average Bonchev–Trinajstić information content (AvgIpc) is 2.77. The molecule has 27 heavy (non-hydrogen) atoms. The van der Waals surface area contributed by atoms with Crippen molar-refractivity contribution in [1.29, 1.82) is 0 Å². The number of nitrogens with zero attached hydrogens (tertiary/aromatic N) is 2. The molecule has 0 aromatic heterocycles. The number of unbranched alkanes of at least 4 members (excludes halogenated alkanes) is 3. The van der Waals surface area contributed by atoms with Crippen molar-refractivity contribution in [3.8, 4) is 0 Å². The van der Waals surface area contributed by atoms with Gasteiger partial charge in [0.25, 0.3) is 0 Å². The molecule has 1 aromatic carbocycles. The molecule has 0 bridgehead atoms. The fourth-order valence-electron chi connectivity index (χ4n) is 3.25. The van der Waals surface area contributed by atoms with Crippen LogP contribution in [0.4, 0.5) is 0 Å². The van der Waals surface area contributed by atoms with E-state index in [-0.39, 0.29) is 12.3 Å². The van der Waals surface area contributed by atoms with Crippen LogP contribution in [0.3, 0.4) is 0 Å². The van der Waals surface area contributed by atoms with Crippen LogP contribution in [0.1, 0.15) is 38.2 Å². The minimum Gasteiger partial charge on any atom is -0.468 e. The molecular formula is C19H29ClN2O4S. The van der Waals surface area contributed by atoms with Crippen molar-refractivity contribution in [2.75, 3.05) is 32.5 Å². The highest BCUT2D eigenvalue weighted by Crippen LogP contribution is 2.21. The largest absolute Gasteiger partial charge is 0.468 e. The minimum atomic E-state index is -3.58. The van der Waals surface area contributed by atoms with Crippen LogP contribution in [-0.4, -0.2) is 62.1 Å². The molecule has 1 saturated heterocycles. The fraction of sp³-hybridized carbons (Fsp3) is 0.632. The van der Waals surface area contributed by atoms with E-state index in [1.165, 1.54) is 11.4 Å². The maximum absolute atomic E-state index is 12.9. The number of rotatable bonds is 8. The van der Waals surface area contributed by atoms with E-state index in [0.717, 1.165) is 37.8 Å². The summed E-state index contributed by atoms with van der Waals surface area (Å²) in [6.07, 6.45) is 4.42. The Morgan fingerprint density at radius 3 is 2.56 bits per heavy atom. The number of benzene rings is 1. The molecule has 1 heterocycles. The van der Waals surface area contributed by atoms with Gasteiger partial charge in [0.1, 0.15) is 6.04 Å². The van der Waals surface area contributed by atoms with E-state index < -0.39 is 22.0 Å². The van der Waals surface area contributed by atoms with Crippen LogP contribution in [0.5, 0.6) is 0 Å². The molecule has 152 valence electrons. The molecular weight excluding hydrogens is 388 g/mol. The number of carbonyl (C=O) groups is 1. The topological polar surface area (TPSA) is 66.9 Å². The van der Waals surface area contributed by atoms with E-state index in [2.05, 4.69) is 11.8 Å². The van der Waals surface area contributed by atoms with Crippen LogP contribution in [-0.2, 0) is 26.1 Å². The zero-order chi connectivity index (χ0) is 19.9. The molecule has 1 fully saturated rings. The summed E-state index contributed by atoms with van der Waals surface area (Å²) in [4.78, 5) is 14.5. The molecule has 0 radical (unpaired) electrons. The first-order chi connectivity index (χ1) is 12.9. The zero-order valence-corrected chi connectivity index (χ0v) is 17.6. The van der Waals surface area contributed by atoms with Crippen LogP contribution in [0.15, 0.2) is 24.3 Å². The van der Waals surface area contributed by atoms with Gasteiger partial charge in [0, 0.05) is 24.7 Å². The van der Waals surface area contributed by atoms with Crippen molar-refractivity contribution in [1.82, 2.24) is 9.21 Å². The SMILES string of the molecule is CCCCCCN1CCS(=O)(=O)N(Cc2ccc(Cl)cc2)C(C(=O)OC)C1. The molecule has 1 aliphatic rings. The van der Waals surface area contributed by atoms with Crippen LogP contribution in [0.25, 0.3) is 0 Å². The normalized spacial score (nSPS) is 20.9. The summed E-state index contributed by atoms with van der Waals surface area (Å²) in [5.74, 6) is -0.519. The first kappa shape index (κ1) is 22.1. The number of hydrogen-bond acceptors (Lipinski definition) is 5. The molecule has 1 aromatic rings. The van der Waals surface area contributed by atoms with E-state index in [1.54, 1.807) is 24.3 Å². The average molecular weight is 417 g/mol. The van der Waals surface area contributed by atoms with Crippen molar-refractivity contribution < 1.29 is 17.9 Å². The summed E-state index contributed by atoms with van der Waals surface area (Å²) >= 11 is 5.92. The van der Waals surface area contributed by atoms with Gasteiger partial charge in [-0.3, -0.25) is 4.79 Å². The lowest BCUT2D eigenvalue weighted by atomic mass is 10.1. The number of methoxy groups -OCH3 is 1. The quantitative estimate of drug-likeness (QED) is 0.481. The summed E-state index contributed by atoms with van der Waals surface area (Å²) in [5.41, 5.74) is 0.785. The highest BCUT2D eigenvalue weighted by Gasteiger charge is 2.39. The molecule has 0 saturated carbocycles. The second-order valence-corrected chi connectivity index (χ2v) is 9.37. The van der Waals surface area contributed by atoms with E-state index in [0.29, 0.717) is 18.1 Å². The lowest BCUT2D eigenvalue weighted by molar-refractivity contribution is -0.145. The number of hydrogen-bond donors (Lipinski definition) is 0. The van der Waals surface area contributed by atoms with Gasteiger partial charge in [0.15, 0.2) is 0 Å². The van der Waals surface area contributed by atoms with Crippen molar-refractivity contribution in [3.63, 3.8) is 0 Å². The molecule has 2 rings (SSSR count). The summed E-state index contributed by atoms with van der Waals surface area (Å²) < 4.78 is 32.0. The van der Waals surface area contributed by atoms with Gasteiger partial charge in [-0.05, 0) is 30.7 Å². The molecule has 1 atom stereocenters. The van der Waals surface area contributed by atoms with E-state index in [9.17, 15) is 13.2 Å². The summed E-state index contributed by atoms with van der Waals surface area (Å²) in [5, 5.41) is 0.584. The Balaban J connectivity index is 2.20. The van der Waals surface area contributed by atoms with E-state index in [4.69, 9.17) is 16.3 Å². The number of halogens is 1. The Labute approximate surface area is 167 Å². The Hall–Kier alpha value is -1.15. The van der Waals surface area contributed by atoms with Gasteiger partial charge in [-0.25, -0.2) is 8.42 Å². The molecule has 1 aliphatic heterocycles. The van der Waals surface area contributed by atoms with Crippen LogP contribution in [0, 0.1) is 0 Å². The number of ether oxygens (including phenoxy) is 1. The third kappa shape index (κ3) is 6.45. The molecule has 8 heteroatoms. The maximum Gasteiger partial charge on any atom is 0.325 e. The van der Waals surface area contributed by atoms with Crippen LogP contribution >= 0.6 is 11.6 Å². The Bertz CT molecular complexity index is 709. The van der Waals surface area contributed by atoms with Gasteiger partial charge < -0.3 is 9.64 Å². The Morgan fingerprint density at radius 2 is 1.93 bits per heavy atom. The van der Waals surface area contributed by atoms with E-state index >= 15 is 0 Å². The van der Waals surface area contributed by atoms with Crippen LogP contribution < -0.4 is 0 Å². The van der Waals surface area contributed by atoms with E-state index in [1.807, 2.05) is 0 Å². The van der Waals surface area contributed by atoms with Gasteiger partial charge in [0.05, 0.1) is 12.9 Å². The van der Waals surface area contributed by atoms with Crippen molar-refractivity contribution in [2.45, 2.75) is 45.2 Å². The number of esters is 1. The second-order valence-electron chi connectivity index (χ2n) is 6.89. The monoisotopic (exact) mass is 416 g/mol. The third-order valence-corrected chi connectivity index (χ3v) is 6.90. The summed E-state index contributed by atoms with van der Waals surface area (Å²) in [6, 6.07) is 6.15. The molecule has 0 amide bonds. The number of carbonyl (C=O) groups excluding carboxylic acids is 1. The maximum atomic E-state index is 12.9. The number of sulfonamides is 1. The zero-order valence-electron chi connectivity index (χ0n) is 16.1. The highest BCUT2D eigenvalue weighted by molar-refractivity contribution is 7.89. The van der Waals surface area contributed by atoms with Gasteiger partial charge in [-0.15, -0.1) is 0 Å². The highest BCUT2D eigenvalue weighted by atomic mass is 35.5. The third-order valence-electron chi connectivity index (χ3n) is 4.85. The van der Waals surface area contributed by atoms with Crippen LogP contribution in [0.2, 0.25) is 5.02 Å². The predicted octanol–water partition coefficient (Wildman–Crippen LogP) is 2.91. The minimum absolute atomic E-state index is 0.00185. The van der Waals surface area contributed by atoms with Crippen molar-refractivity contribution >= 4 is 27.6 Å². The molecule has 0 aliphatic carbocycles. The van der Waals surface area contributed by atoms with Crippen molar-refractivity contribution in [3.05, 3.63) is 34.9 Å². The predicted molar refractivity (Wildman–Crippen MR) is 107 cm³/mol. The lowest BCUT2D eigenvalue weighted by Crippen LogP contribution is -2.48. The first-order valence-electron chi connectivity index (χ1n) is 9.41. The molecule has 0 spiro atoms. The first-order valence-corrected chi connectivity index (χ1v) is 11.4. The smallest absolute Gasteiger partial charge is 0.325 e. The summed E-state index contributed by atoms with van der Waals surface area (Å²) in [6.45, 7) is 3.85. The summed E-state index contributed by atoms with van der Waals surface area (Å²) in [7, 11) is -2.29. The second kappa shape index (κ2) is 10.4. The molecule has 1 unspecified atom stereocenters.